The van der Waals surface area contributed by atoms with Crippen LogP contribution in [0.5, 0.6) is 0 Å². The standard InChI is InChI=1S/C17H19N5O/c1-11(2)22-16-15(10-20-22)14(7-12(3)21-16)17(23)19-9-13-5-4-6-18-8-13/h4-8,10-11H,9H2,1-3H3,(H,19,23). The van der Waals surface area contributed by atoms with Gasteiger partial charge in [-0.25, -0.2) is 9.67 Å². The minimum atomic E-state index is -0.132. The molecule has 0 aliphatic rings. The molecule has 1 N–H and O–H groups in total. The molecule has 0 spiro atoms. The molecule has 0 aliphatic carbocycles. The van der Waals surface area contributed by atoms with Gasteiger partial charge in [-0.2, -0.15) is 5.10 Å². The maximum Gasteiger partial charge on any atom is 0.252 e. The second-order valence-corrected chi connectivity index (χ2v) is 5.78. The maximum absolute atomic E-state index is 12.6. The van der Waals surface area contributed by atoms with Gasteiger partial charge in [0.1, 0.15) is 0 Å². The quantitative estimate of drug-likeness (QED) is 0.804. The van der Waals surface area contributed by atoms with Crippen LogP contribution < -0.4 is 5.32 Å². The number of carbonyl (C=O) groups excluding carboxylic acids is 1. The molecule has 0 unspecified atom stereocenters. The number of nitrogens with one attached hydrogen (secondary N) is 1. The van der Waals surface area contributed by atoms with E-state index in [2.05, 4.69) is 20.4 Å². The Morgan fingerprint density at radius 1 is 1.35 bits per heavy atom. The summed E-state index contributed by atoms with van der Waals surface area (Å²) >= 11 is 0. The Labute approximate surface area is 134 Å². The van der Waals surface area contributed by atoms with Gasteiger partial charge in [-0.3, -0.25) is 9.78 Å². The van der Waals surface area contributed by atoms with Gasteiger partial charge in [0, 0.05) is 30.7 Å². The second kappa shape index (κ2) is 6.16. The zero-order valence-corrected chi connectivity index (χ0v) is 13.4. The molecule has 0 fully saturated rings. The third kappa shape index (κ3) is 3.06. The van der Waals surface area contributed by atoms with E-state index in [1.54, 1.807) is 24.7 Å². The van der Waals surface area contributed by atoms with Gasteiger partial charge in [0.25, 0.3) is 5.91 Å². The molecular weight excluding hydrogens is 290 g/mol. The molecule has 23 heavy (non-hydrogen) atoms. The molecular formula is C17H19N5O. The second-order valence-electron chi connectivity index (χ2n) is 5.78. The Morgan fingerprint density at radius 3 is 2.87 bits per heavy atom. The highest BCUT2D eigenvalue weighted by Gasteiger charge is 2.16. The number of rotatable bonds is 4. The maximum atomic E-state index is 12.6. The molecule has 3 rings (SSSR count). The molecule has 6 nitrogen and oxygen atoms in total. The minimum absolute atomic E-state index is 0.132. The van der Waals surface area contributed by atoms with Crippen LogP contribution in [0.1, 0.15) is 41.5 Å². The zero-order chi connectivity index (χ0) is 16.4. The van der Waals surface area contributed by atoms with Gasteiger partial charge in [-0.05, 0) is 38.5 Å². The molecule has 0 saturated carbocycles. The molecule has 3 aromatic heterocycles. The first kappa shape index (κ1) is 15.1. The monoisotopic (exact) mass is 309 g/mol. The average Bonchev–Trinajstić information content (AvgIpc) is 2.96. The topological polar surface area (TPSA) is 72.7 Å². The van der Waals surface area contributed by atoms with Crippen LogP contribution in [0.2, 0.25) is 0 Å². The Balaban J connectivity index is 1.91. The van der Waals surface area contributed by atoms with Gasteiger partial charge in [0.15, 0.2) is 5.65 Å². The van der Waals surface area contributed by atoms with Crippen LogP contribution in [0, 0.1) is 6.92 Å². The summed E-state index contributed by atoms with van der Waals surface area (Å²) in [6.45, 7) is 6.40. The summed E-state index contributed by atoms with van der Waals surface area (Å²) in [7, 11) is 0. The van der Waals surface area contributed by atoms with Gasteiger partial charge in [0.2, 0.25) is 0 Å². The van der Waals surface area contributed by atoms with Crippen molar-refractivity contribution in [3.05, 3.63) is 53.6 Å². The van der Waals surface area contributed by atoms with Crippen LogP contribution in [-0.2, 0) is 6.54 Å². The van der Waals surface area contributed by atoms with Gasteiger partial charge in [0.05, 0.1) is 17.1 Å². The van der Waals surface area contributed by atoms with Crippen LogP contribution >= 0.6 is 0 Å². The summed E-state index contributed by atoms with van der Waals surface area (Å²) in [5, 5.41) is 8.06. The summed E-state index contributed by atoms with van der Waals surface area (Å²) in [6.07, 6.45) is 5.16. The number of pyridine rings is 2. The van der Waals surface area contributed by atoms with Gasteiger partial charge in [-0.1, -0.05) is 6.07 Å². The summed E-state index contributed by atoms with van der Waals surface area (Å²) in [4.78, 5) is 21.1. The number of nitrogens with zero attached hydrogens (tertiary/aromatic N) is 4. The van der Waals surface area contributed by atoms with Crippen LogP contribution in [0.3, 0.4) is 0 Å². The van der Waals surface area contributed by atoms with Crippen molar-refractivity contribution in [3.8, 4) is 0 Å². The van der Waals surface area contributed by atoms with E-state index in [0.717, 1.165) is 22.3 Å². The lowest BCUT2D eigenvalue weighted by Gasteiger charge is -2.09. The van der Waals surface area contributed by atoms with Crippen LogP contribution in [-0.4, -0.2) is 25.7 Å². The highest BCUT2D eigenvalue weighted by atomic mass is 16.1. The number of hydrogen-bond donors (Lipinski definition) is 1. The molecule has 0 aliphatic heterocycles. The van der Waals surface area contributed by atoms with E-state index >= 15 is 0 Å². The van der Waals surface area contributed by atoms with E-state index in [4.69, 9.17) is 0 Å². The van der Waals surface area contributed by atoms with Gasteiger partial charge >= 0.3 is 0 Å². The number of hydrogen-bond acceptors (Lipinski definition) is 4. The SMILES string of the molecule is Cc1cc(C(=O)NCc2cccnc2)c2cnn(C(C)C)c2n1. The Morgan fingerprint density at radius 2 is 2.17 bits per heavy atom. The van der Waals surface area contributed by atoms with E-state index in [-0.39, 0.29) is 11.9 Å². The predicted molar refractivity (Wildman–Crippen MR) is 88.1 cm³/mol. The molecule has 6 heteroatoms. The fourth-order valence-electron chi connectivity index (χ4n) is 2.49. The summed E-state index contributed by atoms with van der Waals surface area (Å²) in [5.74, 6) is -0.132. The van der Waals surface area contributed by atoms with Crippen LogP contribution in [0.4, 0.5) is 0 Å². The highest BCUT2D eigenvalue weighted by molar-refractivity contribution is 6.05. The Hall–Kier alpha value is -2.76. The van der Waals surface area contributed by atoms with Crippen molar-refractivity contribution in [1.82, 2.24) is 25.1 Å². The van der Waals surface area contributed by atoms with Crippen molar-refractivity contribution in [2.24, 2.45) is 0 Å². The van der Waals surface area contributed by atoms with Crippen molar-refractivity contribution in [2.45, 2.75) is 33.4 Å². The van der Waals surface area contributed by atoms with Gasteiger partial charge in [-0.15, -0.1) is 0 Å². The van der Waals surface area contributed by atoms with E-state index in [0.29, 0.717) is 12.1 Å². The fourth-order valence-corrected chi connectivity index (χ4v) is 2.49. The largest absolute Gasteiger partial charge is 0.348 e. The van der Waals surface area contributed by atoms with Crippen LogP contribution in [0.15, 0.2) is 36.8 Å². The molecule has 0 radical (unpaired) electrons. The summed E-state index contributed by atoms with van der Waals surface area (Å²) in [5.41, 5.74) is 3.10. The van der Waals surface area contributed by atoms with E-state index in [1.807, 2.05) is 37.6 Å². The number of carbonyl (C=O) groups is 1. The lowest BCUT2D eigenvalue weighted by Crippen LogP contribution is -2.23. The van der Waals surface area contributed by atoms with Crippen molar-refractivity contribution >= 4 is 16.9 Å². The Kier molecular flexibility index (Phi) is 4.06. The van der Waals surface area contributed by atoms with Crippen LogP contribution in [0.25, 0.3) is 11.0 Å². The smallest absolute Gasteiger partial charge is 0.252 e. The predicted octanol–water partition coefficient (Wildman–Crippen LogP) is 2.65. The number of fused-ring (bicyclic) bond motifs is 1. The first-order chi connectivity index (χ1) is 11.1. The molecule has 0 aromatic carbocycles. The van der Waals surface area contributed by atoms with E-state index in [9.17, 15) is 4.79 Å². The molecule has 0 bridgehead atoms. The van der Waals surface area contributed by atoms with E-state index < -0.39 is 0 Å². The molecule has 0 saturated heterocycles. The third-order valence-corrected chi connectivity index (χ3v) is 3.60. The number of aromatic nitrogens is 4. The summed E-state index contributed by atoms with van der Waals surface area (Å²) in [6, 6.07) is 5.77. The number of amides is 1. The molecule has 118 valence electrons. The Bertz CT molecular complexity index is 839. The fraction of sp³-hybridized carbons (Fsp3) is 0.294. The molecule has 3 aromatic rings. The molecule has 0 atom stereocenters. The van der Waals surface area contributed by atoms with Gasteiger partial charge < -0.3 is 5.32 Å². The normalized spacial score (nSPS) is 11.1. The highest BCUT2D eigenvalue weighted by Crippen LogP contribution is 2.21. The molecule has 3 heterocycles. The third-order valence-electron chi connectivity index (χ3n) is 3.60. The minimum Gasteiger partial charge on any atom is -0.348 e. The first-order valence-electron chi connectivity index (χ1n) is 7.58. The van der Waals surface area contributed by atoms with E-state index in [1.165, 1.54) is 0 Å². The zero-order valence-electron chi connectivity index (χ0n) is 13.4. The average molecular weight is 309 g/mol. The lowest BCUT2D eigenvalue weighted by molar-refractivity contribution is 0.0952. The lowest BCUT2D eigenvalue weighted by atomic mass is 10.1. The van der Waals surface area contributed by atoms with Crippen molar-refractivity contribution < 1.29 is 4.79 Å². The van der Waals surface area contributed by atoms with Crippen molar-refractivity contribution in [1.29, 1.82) is 0 Å². The molecule has 1 amide bonds. The van der Waals surface area contributed by atoms with Crippen molar-refractivity contribution in [3.63, 3.8) is 0 Å². The first-order valence-corrected chi connectivity index (χ1v) is 7.58. The van der Waals surface area contributed by atoms with Crippen molar-refractivity contribution in [2.75, 3.05) is 0 Å². The number of aryl methyl sites for hydroxylation is 1. The summed E-state index contributed by atoms with van der Waals surface area (Å²) < 4.78 is 1.83.